The second-order valence-corrected chi connectivity index (χ2v) is 6.07. The van der Waals surface area contributed by atoms with Gasteiger partial charge in [0.1, 0.15) is 5.75 Å². The molecular weight excluding hydrogens is 318 g/mol. The maximum absolute atomic E-state index is 11.9. The molecule has 1 amide bonds. The fourth-order valence-corrected chi connectivity index (χ4v) is 2.95. The first kappa shape index (κ1) is 17.0. The van der Waals surface area contributed by atoms with Gasteiger partial charge in [-0.25, -0.2) is 0 Å². The van der Waals surface area contributed by atoms with Crippen LogP contribution in [0.3, 0.4) is 0 Å². The third kappa shape index (κ3) is 4.59. The summed E-state index contributed by atoms with van der Waals surface area (Å²) in [4.78, 5) is 23.8. The molecule has 25 heavy (non-hydrogen) atoms. The number of amides is 1. The molecule has 130 valence electrons. The standard InChI is InChI=1S/C20H21NO4/c1-24-18-9-5-14(6-10-18)11-20(23)25-13-19(22)21-17-8-7-15-3-2-4-16(15)12-17/h5-10,12H,2-4,11,13H2,1H3,(H,21,22). The molecule has 0 fully saturated rings. The fourth-order valence-electron chi connectivity index (χ4n) is 2.95. The average Bonchev–Trinajstić information content (AvgIpc) is 3.08. The predicted octanol–water partition coefficient (Wildman–Crippen LogP) is 2.91. The molecule has 5 nitrogen and oxygen atoms in total. The zero-order valence-corrected chi connectivity index (χ0v) is 14.2. The van der Waals surface area contributed by atoms with Gasteiger partial charge in [0.25, 0.3) is 5.91 Å². The summed E-state index contributed by atoms with van der Waals surface area (Å²) in [6, 6.07) is 13.1. The highest BCUT2D eigenvalue weighted by Crippen LogP contribution is 2.24. The summed E-state index contributed by atoms with van der Waals surface area (Å²) in [5.41, 5.74) is 4.19. The van der Waals surface area contributed by atoms with Gasteiger partial charge in [0, 0.05) is 5.69 Å². The molecule has 0 spiro atoms. The molecule has 0 atom stereocenters. The van der Waals surface area contributed by atoms with Crippen molar-refractivity contribution in [1.29, 1.82) is 0 Å². The topological polar surface area (TPSA) is 64.6 Å². The highest BCUT2D eigenvalue weighted by Gasteiger charge is 2.13. The molecule has 0 unspecified atom stereocenters. The number of hydrogen-bond donors (Lipinski definition) is 1. The summed E-state index contributed by atoms with van der Waals surface area (Å²) < 4.78 is 10.1. The molecule has 0 aromatic heterocycles. The van der Waals surface area contributed by atoms with Gasteiger partial charge in [-0.05, 0) is 60.2 Å². The summed E-state index contributed by atoms with van der Waals surface area (Å²) in [5.74, 6) is -0.0406. The van der Waals surface area contributed by atoms with Crippen LogP contribution in [0.15, 0.2) is 42.5 Å². The molecule has 0 bridgehead atoms. The number of methoxy groups -OCH3 is 1. The minimum Gasteiger partial charge on any atom is -0.497 e. The molecule has 2 aromatic carbocycles. The molecule has 1 aliphatic carbocycles. The van der Waals surface area contributed by atoms with E-state index in [0.29, 0.717) is 0 Å². The SMILES string of the molecule is COc1ccc(CC(=O)OCC(=O)Nc2ccc3c(c2)CCC3)cc1. The predicted molar refractivity (Wildman–Crippen MR) is 94.8 cm³/mol. The van der Waals surface area contributed by atoms with Crippen LogP contribution in [0.25, 0.3) is 0 Å². The first-order chi connectivity index (χ1) is 12.1. The molecule has 1 aliphatic rings. The minimum atomic E-state index is -0.436. The van der Waals surface area contributed by atoms with Gasteiger partial charge < -0.3 is 14.8 Å². The van der Waals surface area contributed by atoms with Crippen LogP contribution in [0.1, 0.15) is 23.1 Å². The van der Waals surface area contributed by atoms with Crippen LogP contribution in [-0.2, 0) is 33.6 Å². The molecule has 0 heterocycles. The maximum atomic E-state index is 11.9. The molecule has 0 saturated carbocycles. The average molecular weight is 339 g/mol. The number of aryl methyl sites for hydroxylation is 2. The Hall–Kier alpha value is -2.82. The van der Waals surface area contributed by atoms with Crippen molar-refractivity contribution in [2.75, 3.05) is 19.0 Å². The summed E-state index contributed by atoms with van der Waals surface area (Å²) in [5, 5.41) is 2.77. The molecule has 2 aromatic rings. The van der Waals surface area contributed by atoms with Crippen LogP contribution < -0.4 is 10.1 Å². The third-order valence-electron chi connectivity index (χ3n) is 4.25. The van der Waals surface area contributed by atoms with Crippen LogP contribution in [0.4, 0.5) is 5.69 Å². The number of esters is 1. The van der Waals surface area contributed by atoms with Crippen molar-refractivity contribution in [2.45, 2.75) is 25.7 Å². The van der Waals surface area contributed by atoms with Gasteiger partial charge in [-0.2, -0.15) is 0 Å². The lowest BCUT2D eigenvalue weighted by Crippen LogP contribution is -2.21. The Balaban J connectivity index is 1.45. The monoisotopic (exact) mass is 339 g/mol. The molecular formula is C20H21NO4. The normalized spacial score (nSPS) is 12.4. The fraction of sp³-hybridized carbons (Fsp3) is 0.300. The van der Waals surface area contributed by atoms with Gasteiger partial charge in [-0.3, -0.25) is 9.59 Å². The zero-order valence-electron chi connectivity index (χ0n) is 14.2. The lowest BCUT2D eigenvalue weighted by atomic mass is 10.1. The van der Waals surface area contributed by atoms with E-state index in [2.05, 4.69) is 5.32 Å². The van der Waals surface area contributed by atoms with Crippen molar-refractivity contribution in [3.63, 3.8) is 0 Å². The van der Waals surface area contributed by atoms with Crippen LogP contribution in [-0.4, -0.2) is 25.6 Å². The number of carbonyl (C=O) groups is 2. The summed E-state index contributed by atoms with van der Waals surface area (Å²) in [7, 11) is 1.59. The van der Waals surface area contributed by atoms with Gasteiger partial charge in [0.2, 0.25) is 0 Å². The summed E-state index contributed by atoms with van der Waals surface area (Å²) in [6.45, 7) is -0.286. The van der Waals surface area contributed by atoms with E-state index in [0.717, 1.165) is 36.3 Å². The van der Waals surface area contributed by atoms with Gasteiger partial charge in [-0.1, -0.05) is 18.2 Å². The molecule has 3 rings (SSSR count). The maximum Gasteiger partial charge on any atom is 0.310 e. The lowest BCUT2D eigenvalue weighted by molar-refractivity contribution is -0.146. The van der Waals surface area contributed by atoms with Gasteiger partial charge in [0.05, 0.1) is 13.5 Å². The van der Waals surface area contributed by atoms with Crippen molar-refractivity contribution in [3.05, 3.63) is 59.2 Å². The Morgan fingerprint density at radius 3 is 2.56 bits per heavy atom. The van der Waals surface area contributed by atoms with Crippen molar-refractivity contribution < 1.29 is 19.1 Å². The van der Waals surface area contributed by atoms with Crippen molar-refractivity contribution >= 4 is 17.6 Å². The first-order valence-corrected chi connectivity index (χ1v) is 8.34. The van der Waals surface area contributed by atoms with Crippen molar-refractivity contribution in [1.82, 2.24) is 0 Å². The zero-order chi connectivity index (χ0) is 17.6. The summed E-state index contributed by atoms with van der Waals surface area (Å²) >= 11 is 0. The lowest BCUT2D eigenvalue weighted by Gasteiger charge is -2.08. The molecule has 0 radical (unpaired) electrons. The molecule has 1 N–H and O–H groups in total. The molecule has 0 aliphatic heterocycles. The first-order valence-electron chi connectivity index (χ1n) is 8.34. The van der Waals surface area contributed by atoms with Gasteiger partial charge in [0.15, 0.2) is 6.61 Å². The Morgan fingerprint density at radius 1 is 1.04 bits per heavy atom. The molecule has 0 saturated heterocycles. The van der Waals surface area contributed by atoms with E-state index < -0.39 is 5.97 Å². The highest BCUT2D eigenvalue weighted by molar-refractivity contribution is 5.93. The van der Waals surface area contributed by atoms with Crippen LogP contribution in [0.5, 0.6) is 5.75 Å². The Bertz CT molecular complexity index is 768. The second kappa shape index (κ2) is 7.83. The van der Waals surface area contributed by atoms with Gasteiger partial charge >= 0.3 is 5.97 Å². The number of anilines is 1. The Labute approximate surface area is 147 Å². The minimum absolute atomic E-state index is 0.121. The number of carbonyl (C=O) groups excluding carboxylic acids is 2. The van der Waals surface area contributed by atoms with E-state index in [9.17, 15) is 9.59 Å². The number of nitrogens with one attached hydrogen (secondary N) is 1. The van der Waals surface area contributed by atoms with E-state index >= 15 is 0 Å². The van der Waals surface area contributed by atoms with Gasteiger partial charge in [-0.15, -0.1) is 0 Å². The number of ether oxygens (including phenoxy) is 2. The number of fused-ring (bicyclic) bond motifs is 1. The van der Waals surface area contributed by atoms with Crippen molar-refractivity contribution in [2.24, 2.45) is 0 Å². The summed E-state index contributed by atoms with van der Waals surface area (Å²) in [6.07, 6.45) is 3.44. The van der Waals surface area contributed by atoms with Crippen LogP contribution in [0.2, 0.25) is 0 Å². The highest BCUT2D eigenvalue weighted by atomic mass is 16.5. The van der Waals surface area contributed by atoms with Crippen LogP contribution >= 0.6 is 0 Å². The second-order valence-electron chi connectivity index (χ2n) is 6.07. The van der Waals surface area contributed by atoms with Crippen LogP contribution in [0, 0.1) is 0 Å². The van der Waals surface area contributed by atoms with E-state index in [1.54, 1.807) is 31.4 Å². The Kier molecular flexibility index (Phi) is 5.33. The number of rotatable bonds is 6. The largest absolute Gasteiger partial charge is 0.497 e. The van der Waals surface area contributed by atoms with E-state index in [4.69, 9.17) is 9.47 Å². The van der Waals surface area contributed by atoms with Crippen molar-refractivity contribution in [3.8, 4) is 5.75 Å². The third-order valence-corrected chi connectivity index (χ3v) is 4.25. The quantitative estimate of drug-likeness (QED) is 0.822. The smallest absolute Gasteiger partial charge is 0.310 e. The number of hydrogen-bond acceptors (Lipinski definition) is 4. The van der Waals surface area contributed by atoms with E-state index in [1.165, 1.54) is 11.1 Å². The molecule has 5 heteroatoms. The number of benzene rings is 2. The van der Waals surface area contributed by atoms with E-state index in [-0.39, 0.29) is 18.9 Å². The Morgan fingerprint density at radius 2 is 1.80 bits per heavy atom. The van der Waals surface area contributed by atoms with E-state index in [1.807, 2.05) is 18.2 Å².